The SMILES string of the molecule is CN=C(NCCCN1CCCCCC1)NCCC1CCCO1. The maximum Gasteiger partial charge on any atom is 0.190 e. The first-order valence-electron chi connectivity index (χ1n) is 9.17. The van der Waals surface area contributed by atoms with Crippen molar-refractivity contribution in [1.29, 1.82) is 0 Å². The molecule has 0 radical (unpaired) electrons. The van der Waals surface area contributed by atoms with Gasteiger partial charge in [0, 0.05) is 26.7 Å². The highest BCUT2D eigenvalue weighted by molar-refractivity contribution is 5.79. The lowest BCUT2D eigenvalue weighted by molar-refractivity contribution is 0.105. The molecule has 5 heteroatoms. The first-order valence-corrected chi connectivity index (χ1v) is 9.17. The fourth-order valence-corrected chi connectivity index (χ4v) is 3.31. The number of hydrogen-bond acceptors (Lipinski definition) is 3. The first kappa shape index (κ1) is 17.5. The van der Waals surface area contributed by atoms with Crippen molar-refractivity contribution in [2.45, 2.75) is 57.5 Å². The Balaban J connectivity index is 1.50. The first-order chi connectivity index (χ1) is 10.9. The second-order valence-electron chi connectivity index (χ2n) is 6.46. The molecule has 0 amide bonds. The molecule has 0 aromatic heterocycles. The second kappa shape index (κ2) is 10.8. The van der Waals surface area contributed by atoms with E-state index in [0.29, 0.717) is 6.10 Å². The zero-order valence-corrected chi connectivity index (χ0v) is 14.3. The molecule has 2 aliphatic heterocycles. The zero-order chi connectivity index (χ0) is 15.5. The second-order valence-corrected chi connectivity index (χ2v) is 6.46. The Morgan fingerprint density at radius 3 is 2.55 bits per heavy atom. The van der Waals surface area contributed by atoms with E-state index in [4.69, 9.17) is 4.74 Å². The van der Waals surface area contributed by atoms with E-state index in [1.54, 1.807) is 0 Å². The number of likely N-dealkylation sites (tertiary alicyclic amines) is 1. The van der Waals surface area contributed by atoms with Gasteiger partial charge in [0.25, 0.3) is 0 Å². The third-order valence-electron chi connectivity index (χ3n) is 4.65. The van der Waals surface area contributed by atoms with Gasteiger partial charge >= 0.3 is 0 Å². The van der Waals surface area contributed by atoms with Crippen LogP contribution in [0.4, 0.5) is 0 Å². The number of rotatable bonds is 7. The number of guanidine groups is 1. The molecule has 2 saturated heterocycles. The van der Waals surface area contributed by atoms with Crippen molar-refractivity contribution in [1.82, 2.24) is 15.5 Å². The number of ether oxygens (including phenoxy) is 1. The van der Waals surface area contributed by atoms with Crippen molar-refractivity contribution in [2.24, 2.45) is 4.99 Å². The molecule has 5 nitrogen and oxygen atoms in total. The summed E-state index contributed by atoms with van der Waals surface area (Å²) in [5, 5.41) is 6.81. The Morgan fingerprint density at radius 1 is 1.09 bits per heavy atom. The minimum atomic E-state index is 0.452. The predicted octanol–water partition coefficient (Wildman–Crippen LogP) is 1.99. The van der Waals surface area contributed by atoms with Gasteiger partial charge in [-0.15, -0.1) is 0 Å². The van der Waals surface area contributed by atoms with Gasteiger partial charge in [-0.25, -0.2) is 0 Å². The molecular weight excluding hydrogens is 276 g/mol. The quantitative estimate of drug-likeness (QED) is 0.429. The van der Waals surface area contributed by atoms with Crippen LogP contribution in [0.15, 0.2) is 4.99 Å². The molecule has 2 fully saturated rings. The van der Waals surface area contributed by atoms with Crippen molar-refractivity contribution in [3.05, 3.63) is 0 Å². The topological polar surface area (TPSA) is 48.9 Å². The molecule has 2 aliphatic rings. The summed E-state index contributed by atoms with van der Waals surface area (Å²) in [7, 11) is 1.84. The normalized spacial score (nSPS) is 24.2. The van der Waals surface area contributed by atoms with Crippen LogP contribution in [-0.2, 0) is 4.74 Å². The van der Waals surface area contributed by atoms with Crippen LogP contribution in [0.25, 0.3) is 0 Å². The minimum absolute atomic E-state index is 0.452. The summed E-state index contributed by atoms with van der Waals surface area (Å²) in [5.74, 6) is 0.925. The van der Waals surface area contributed by atoms with Gasteiger partial charge in [-0.3, -0.25) is 4.99 Å². The standard InChI is InChI=1S/C17H34N4O/c1-18-17(20-11-9-16-8-6-15-22-16)19-10-7-14-21-12-4-2-3-5-13-21/h16H,2-15H2,1H3,(H2,18,19,20). The van der Waals surface area contributed by atoms with E-state index < -0.39 is 0 Å². The van der Waals surface area contributed by atoms with Crippen molar-refractivity contribution < 1.29 is 4.74 Å². The summed E-state index contributed by atoms with van der Waals surface area (Å²) in [6.07, 6.45) is 10.7. The van der Waals surface area contributed by atoms with Crippen molar-refractivity contribution in [2.75, 3.05) is 46.4 Å². The van der Waals surface area contributed by atoms with E-state index in [2.05, 4.69) is 20.5 Å². The molecule has 22 heavy (non-hydrogen) atoms. The summed E-state index contributed by atoms with van der Waals surface area (Å²) >= 11 is 0. The average Bonchev–Trinajstić information content (AvgIpc) is 2.92. The number of hydrogen-bond donors (Lipinski definition) is 2. The van der Waals surface area contributed by atoms with Gasteiger partial charge in [0.2, 0.25) is 0 Å². The van der Waals surface area contributed by atoms with E-state index in [0.717, 1.165) is 32.1 Å². The smallest absolute Gasteiger partial charge is 0.190 e. The molecule has 128 valence electrons. The lowest BCUT2D eigenvalue weighted by atomic mass is 10.2. The largest absolute Gasteiger partial charge is 0.378 e. The Morgan fingerprint density at radius 2 is 1.86 bits per heavy atom. The fourth-order valence-electron chi connectivity index (χ4n) is 3.31. The maximum atomic E-state index is 5.64. The summed E-state index contributed by atoms with van der Waals surface area (Å²) in [6, 6.07) is 0. The molecule has 1 unspecified atom stereocenters. The van der Waals surface area contributed by atoms with Crippen LogP contribution in [0.1, 0.15) is 51.4 Å². The van der Waals surface area contributed by atoms with Crippen LogP contribution in [0.2, 0.25) is 0 Å². The molecule has 0 aromatic rings. The maximum absolute atomic E-state index is 5.64. The van der Waals surface area contributed by atoms with E-state index in [1.807, 2.05) is 7.05 Å². The lowest BCUT2D eigenvalue weighted by Gasteiger charge is -2.20. The van der Waals surface area contributed by atoms with Gasteiger partial charge in [-0.1, -0.05) is 12.8 Å². The van der Waals surface area contributed by atoms with Crippen LogP contribution < -0.4 is 10.6 Å². The number of nitrogens with one attached hydrogen (secondary N) is 2. The van der Waals surface area contributed by atoms with Crippen LogP contribution in [0.3, 0.4) is 0 Å². The van der Waals surface area contributed by atoms with Crippen LogP contribution in [0.5, 0.6) is 0 Å². The monoisotopic (exact) mass is 310 g/mol. The fraction of sp³-hybridized carbons (Fsp3) is 0.941. The van der Waals surface area contributed by atoms with E-state index in [-0.39, 0.29) is 0 Å². The van der Waals surface area contributed by atoms with Gasteiger partial charge in [0.15, 0.2) is 5.96 Å². The lowest BCUT2D eigenvalue weighted by Crippen LogP contribution is -2.40. The Kier molecular flexibility index (Phi) is 8.64. The van der Waals surface area contributed by atoms with Crippen molar-refractivity contribution >= 4 is 5.96 Å². The summed E-state index contributed by atoms with van der Waals surface area (Å²) in [4.78, 5) is 6.90. The van der Waals surface area contributed by atoms with Gasteiger partial charge in [-0.05, 0) is 58.2 Å². The third kappa shape index (κ3) is 6.97. The third-order valence-corrected chi connectivity index (χ3v) is 4.65. The molecule has 1 atom stereocenters. The molecule has 0 spiro atoms. The molecule has 2 rings (SSSR count). The molecule has 0 bridgehead atoms. The summed E-state index contributed by atoms with van der Waals surface area (Å²) in [6.45, 7) is 6.66. The molecule has 2 heterocycles. The Hall–Kier alpha value is -0.810. The van der Waals surface area contributed by atoms with Crippen LogP contribution >= 0.6 is 0 Å². The predicted molar refractivity (Wildman–Crippen MR) is 92.5 cm³/mol. The molecular formula is C17H34N4O. The number of aliphatic imine (C=N–C) groups is 1. The van der Waals surface area contributed by atoms with Crippen LogP contribution in [-0.4, -0.2) is 63.3 Å². The van der Waals surface area contributed by atoms with E-state index >= 15 is 0 Å². The zero-order valence-electron chi connectivity index (χ0n) is 14.3. The minimum Gasteiger partial charge on any atom is -0.378 e. The molecule has 2 N–H and O–H groups in total. The van der Waals surface area contributed by atoms with E-state index in [9.17, 15) is 0 Å². The van der Waals surface area contributed by atoms with Gasteiger partial charge < -0.3 is 20.3 Å². The molecule has 0 aromatic carbocycles. The average molecular weight is 310 g/mol. The van der Waals surface area contributed by atoms with Crippen molar-refractivity contribution in [3.63, 3.8) is 0 Å². The summed E-state index contributed by atoms with van der Waals surface area (Å²) in [5.41, 5.74) is 0. The van der Waals surface area contributed by atoms with Crippen molar-refractivity contribution in [3.8, 4) is 0 Å². The highest BCUT2D eigenvalue weighted by Crippen LogP contribution is 2.14. The molecule has 0 saturated carbocycles. The Labute approximate surface area is 135 Å². The van der Waals surface area contributed by atoms with Gasteiger partial charge in [-0.2, -0.15) is 0 Å². The number of nitrogens with zero attached hydrogens (tertiary/aromatic N) is 2. The van der Waals surface area contributed by atoms with E-state index in [1.165, 1.54) is 64.6 Å². The summed E-state index contributed by atoms with van der Waals surface area (Å²) < 4.78 is 5.64. The highest BCUT2D eigenvalue weighted by Gasteiger charge is 2.14. The Bertz CT molecular complexity index is 308. The van der Waals surface area contributed by atoms with Crippen LogP contribution in [0, 0.1) is 0 Å². The highest BCUT2D eigenvalue weighted by atomic mass is 16.5. The van der Waals surface area contributed by atoms with Gasteiger partial charge in [0.05, 0.1) is 6.10 Å². The molecule has 0 aliphatic carbocycles. The van der Waals surface area contributed by atoms with Gasteiger partial charge in [0.1, 0.15) is 0 Å².